The number of carbonyl (C=O) groups excluding carboxylic acids is 1. The maximum Gasteiger partial charge on any atom is 0.251 e. The summed E-state index contributed by atoms with van der Waals surface area (Å²) in [5.74, 6) is -0.0942. The SMILES string of the molecule is Nc1ccc(=O)n(CC(=O)N2CCC(OCCO)CC2)c1. The number of aliphatic hydroxyl groups is 1. The highest BCUT2D eigenvalue weighted by Gasteiger charge is 2.23. The van der Waals surface area contributed by atoms with Crippen molar-refractivity contribution in [2.75, 3.05) is 32.0 Å². The standard InChI is InChI=1S/C14H21N3O4/c15-11-1-2-13(19)17(9-11)10-14(20)16-5-3-12(4-6-16)21-8-7-18/h1-2,9,12,18H,3-8,10,15H2. The van der Waals surface area contributed by atoms with E-state index < -0.39 is 0 Å². The molecule has 0 atom stereocenters. The van der Waals surface area contributed by atoms with Gasteiger partial charge in [-0.15, -0.1) is 0 Å². The first-order valence-corrected chi connectivity index (χ1v) is 7.06. The summed E-state index contributed by atoms with van der Waals surface area (Å²) in [6.07, 6.45) is 3.07. The van der Waals surface area contributed by atoms with E-state index in [2.05, 4.69) is 0 Å². The first-order valence-electron chi connectivity index (χ1n) is 7.06. The minimum atomic E-state index is -0.237. The molecule has 0 saturated carbocycles. The van der Waals surface area contributed by atoms with Crippen LogP contribution in [0.2, 0.25) is 0 Å². The smallest absolute Gasteiger partial charge is 0.251 e. The van der Waals surface area contributed by atoms with Crippen LogP contribution in [0.4, 0.5) is 5.69 Å². The molecule has 1 aromatic rings. The molecule has 3 N–H and O–H groups in total. The highest BCUT2D eigenvalue weighted by atomic mass is 16.5. The van der Waals surface area contributed by atoms with Crippen molar-refractivity contribution >= 4 is 11.6 Å². The molecule has 21 heavy (non-hydrogen) atoms. The average Bonchev–Trinajstić information content (AvgIpc) is 2.49. The summed E-state index contributed by atoms with van der Waals surface area (Å²) in [5.41, 5.74) is 5.84. The van der Waals surface area contributed by atoms with Gasteiger partial charge in [0.25, 0.3) is 5.56 Å². The summed E-state index contributed by atoms with van der Waals surface area (Å²) >= 11 is 0. The number of likely N-dealkylation sites (tertiary alicyclic amines) is 1. The van der Waals surface area contributed by atoms with Crippen molar-refractivity contribution < 1.29 is 14.6 Å². The van der Waals surface area contributed by atoms with E-state index in [1.54, 1.807) is 4.90 Å². The Balaban J connectivity index is 1.87. The molecular weight excluding hydrogens is 274 g/mol. The molecule has 0 bridgehead atoms. The van der Waals surface area contributed by atoms with E-state index in [1.807, 2.05) is 0 Å². The second kappa shape index (κ2) is 7.24. The molecule has 0 aliphatic carbocycles. The number of ether oxygens (including phenoxy) is 1. The topological polar surface area (TPSA) is 97.8 Å². The zero-order valence-electron chi connectivity index (χ0n) is 11.9. The lowest BCUT2D eigenvalue weighted by molar-refractivity contribution is -0.134. The Morgan fingerprint density at radius 3 is 2.76 bits per heavy atom. The molecule has 7 nitrogen and oxygen atoms in total. The molecule has 0 spiro atoms. The summed E-state index contributed by atoms with van der Waals surface area (Å²) in [5, 5.41) is 8.72. The first-order chi connectivity index (χ1) is 10.1. The zero-order valence-corrected chi connectivity index (χ0v) is 11.9. The fourth-order valence-corrected chi connectivity index (χ4v) is 2.41. The molecule has 2 rings (SSSR count). The number of hydrogen-bond donors (Lipinski definition) is 2. The van der Waals surface area contributed by atoms with Crippen molar-refractivity contribution in [3.8, 4) is 0 Å². The van der Waals surface area contributed by atoms with Gasteiger partial charge in [-0.05, 0) is 18.9 Å². The molecule has 0 unspecified atom stereocenters. The lowest BCUT2D eigenvalue weighted by Gasteiger charge is -2.32. The Bertz CT molecular complexity index is 535. The van der Waals surface area contributed by atoms with E-state index in [0.717, 1.165) is 12.8 Å². The summed E-state index contributed by atoms with van der Waals surface area (Å²) in [4.78, 5) is 25.6. The van der Waals surface area contributed by atoms with Crippen LogP contribution in [0.3, 0.4) is 0 Å². The Hall–Kier alpha value is -1.86. The number of pyridine rings is 1. The van der Waals surface area contributed by atoms with E-state index in [4.69, 9.17) is 15.6 Å². The molecular formula is C14H21N3O4. The molecule has 0 aromatic carbocycles. The van der Waals surface area contributed by atoms with Crippen molar-refractivity contribution in [1.82, 2.24) is 9.47 Å². The van der Waals surface area contributed by atoms with Crippen LogP contribution < -0.4 is 11.3 Å². The van der Waals surface area contributed by atoms with Crippen LogP contribution in [-0.2, 0) is 16.1 Å². The van der Waals surface area contributed by atoms with Gasteiger partial charge >= 0.3 is 0 Å². The largest absolute Gasteiger partial charge is 0.398 e. The van der Waals surface area contributed by atoms with Crippen molar-refractivity contribution in [3.63, 3.8) is 0 Å². The molecule has 1 fully saturated rings. The number of nitrogens with zero attached hydrogens (tertiary/aromatic N) is 2. The van der Waals surface area contributed by atoms with Gasteiger partial charge in [-0.2, -0.15) is 0 Å². The van der Waals surface area contributed by atoms with Gasteiger partial charge in [0.1, 0.15) is 6.54 Å². The molecule has 7 heteroatoms. The van der Waals surface area contributed by atoms with E-state index in [1.165, 1.54) is 22.9 Å². The van der Waals surface area contributed by atoms with Gasteiger partial charge < -0.3 is 25.0 Å². The number of carbonyl (C=O) groups is 1. The summed E-state index contributed by atoms with van der Waals surface area (Å²) < 4.78 is 6.78. The number of piperidine rings is 1. The number of nitrogen functional groups attached to an aromatic ring is 1. The third kappa shape index (κ3) is 4.30. The lowest BCUT2D eigenvalue weighted by atomic mass is 10.1. The van der Waals surface area contributed by atoms with Crippen LogP contribution in [0.1, 0.15) is 12.8 Å². The predicted octanol–water partition coefficient (Wildman–Crippen LogP) is -0.570. The van der Waals surface area contributed by atoms with Crippen LogP contribution >= 0.6 is 0 Å². The number of aliphatic hydroxyl groups excluding tert-OH is 1. The van der Waals surface area contributed by atoms with Crippen LogP contribution in [0.25, 0.3) is 0 Å². The second-order valence-corrected chi connectivity index (χ2v) is 5.10. The van der Waals surface area contributed by atoms with E-state index >= 15 is 0 Å². The van der Waals surface area contributed by atoms with Gasteiger partial charge in [0.2, 0.25) is 5.91 Å². The highest BCUT2D eigenvalue weighted by molar-refractivity contribution is 5.76. The third-order valence-electron chi connectivity index (χ3n) is 3.55. The van der Waals surface area contributed by atoms with E-state index in [9.17, 15) is 9.59 Å². The minimum absolute atomic E-state index is 0.00599. The minimum Gasteiger partial charge on any atom is -0.398 e. The lowest BCUT2D eigenvalue weighted by Crippen LogP contribution is -2.43. The maximum atomic E-state index is 12.2. The van der Waals surface area contributed by atoms with Gasteiger partial charge in [0.15, 0.2) is 0 Å². The van der Waals surface area contributed by atoms with Crippen LogP contribution in [0, 0.1) is 0 Å². The molecule has 1 aliphatic heterocycles. The van der Waals surface area contributed by atoms with Crippen LogP contribution in [0.15, 0.2) is 23.1 Å². The van der Waals surface area contributed by atoms with Crippen LogP contribution in [0.5, 0.6) is 0 Å². The van der Waals surface area contributed by atoms with Crippen molar-refractivity contribution in [1.29, 1.82) is 0 Å². The van der Waals surface area contributed by atoms with Gasteiger partial charge in [-0.1, -0.05) is 0 Å². The molecule has 1 amide bonds. The third-order valence-corrected chi connectivity index (χ3v) is 3.55. The molecule has 2 heterocycles. The fourth-order valence-electron chi connectivity index (χ4n) is 2.41. The average molecular weight is 295 g/mol. The maximum absolute atomic E-state index is 12.2. The Labute approximate surface area is 122 Å². The van der Waals surface area contributed by atoms with Gasteiger partial charge in [-0.3, -0.25) is 9.59 Å². The molecule has 1 aliphatic rings. The van der Waals surface area contributed by atoms with Gasteiger partial charge in [0.05, 0.1) is 19.3 Å². The summed E-state index contributed by atoms with van der Waals surface area (Å²) in [6, 6.07) is 2.88. The van der Waals surface area contributed by atoms with Crippen molar-refractivity contribution in [2.24, 2.45) is 0 Å². The first kappa shape index (κ1) is 15.5. The number of nitrogens with two attached hydrogens (primary N) is 1. The van der Waals surface area contributed by atoms with Gasteiger partial charge in [-0.25, -0.2) is 0 Å². The predicted molar refractivity (Wildman–Crippen MR) is 77.8 cm³/mol. The van der Waals surface area contributed by atoms with Crippen molar-refractivity contribution in [2.45, 2.75) is 25.5 Å². The Kier molecular flexibility index (Phi) is 5.35. The number of rotatable bonds is 5. The Morgan fingerprint density at radius 2 is 2.10 bits per heavy atom. The van der Waals surface area contributed by atoms with Gasteiger partial charge in [0, 0.05) is 31.0 Å². The zero-order chi connectivity index (χ0) is 15.2. The van der Waals surface area contributed by atoms with E-state index in [-0.39, 0.29) is 30.7 Å². The van der Waals surface area contributed by atoms with Crippen LogP contribution in [-0.4, -0.2) is 52.9 Å². The second-order valence-electron chi connectivity index (χ2n) is 5.10. The molecule has 1 saturated heterocycles. The fraction of sp³-hybridized carbons (Fsp3) is 0.571. The molecule has 116 valence electrons. The monoisotopic (exact) mass is 295 g/mol. The normalized spacial score (nSPS) is 16.1. The van der Waals surface area contributed by atoms with E-state index in [0.29, 0.717) is 25.4 Å². The number of aromatic nitrogens is 1. The van der Waals surface area contributed by atoms with Crippen molar-refractivity contribution in [3.05, 3.63) is 28.7 Å². The molecule has 1 aromatic heterocycles. The summed E-state index contributed by atoms with van der Waals surface area (Å²) in [6.45, 7) is 1.55. The number of hydrogen-bond acceptors (Lipinski definition) is 5. The molecule has 0 radical (unpaired) electrons. The summed E-state index contributed by atoms with van der Waals surface area (Å²) in [7, 11) is 0. The number of amides is 1. The highest BCUT2D eigenvalue weighted by Crippen LogP contribution is 2.14. The number of anilines is 1. The Morgan fingerprint density at radius 1 is 1.38 bits per heavy atom. The quantitative estimate of drug-likeness (QED) is 0.758.